The van der Waals surface area contributed by atoms with Crippen LogP contribution >= 0.6 is 11.5 Å². The molecule has 0 aliphatic carbocycles. The van der Waals surface area contributed by atoms with E-state index >= 15 is 0 Å². The maximum Gasteiger partial charge on any atom is 0.147 e. The van der Waals surface area contributed by atoms with Gasteiger partial charge in [-0.05, 0) is 42.5 Å². The molecule has 0 bridgehead atoms. The molecule has 2 rings (SSSR count). The standard InChI is InChI=1S/C15H21FN4S/c16-12-7-4-3-6-11(12)10-14-19-15(21-20-14)13(18)8-2-1-5-9-17/h3-4,6-7,13H,1-2,5,8-10,17-18H2. The number of hydrogen-bond acceptors (Lipinski definition) is 5. The quantitative estimate of drug-likeness (QED) is 0.735. The maximum absolute atomic E-state index is 13.6. The fraction of sp³-hybridized carbons (Fsp3) is 0.467. The molecule has 0 amide bonds. The zero-order valence-corrected chi connectivity index (χ0v) is 12.8. The number of rotatable bonds is 8. The molecule has 2 aromatic rings. The molecule has 0 spiro atoms. The van der Waals surface area contributed by atoms with Crippen molar-refractivity contribution in [2.75, 3.05) is 6.54 Å². The molecule has 0 fully saturated rings. The lowest BCUT2D eigenvalue weighted by molar-refractivity contribution is 0.570. The normalized spacial score (nSPS) is 12.5. The van der Waals surface area contributed by atoms with Crippen LogP contribution in [-0.2, 0) is 6.42 Å². The molecule has 1 atom stereocenters. The van der Waals surface area contributed by atoms with Crippen LogP contribution in [0.15, 0.2) is 24.3 Å². The molecule has 114 valence electrons. The first-order chi connectivity index (χ1) is 10.2. The lowest BCUT2D eigenvalue weighted by Gasteiger charge is -2.06. The first-order valence-corrected chi connectivity index (χ1v) is 7.99. The smallest absolute Gasteiger partial charge is 0.147 e. The highest BCUT2D eigenvalue weighted by Gasteiger charge is 2.13. The highest BCUT2D eigenvalue weighted by molar-refractivity contribution is 7.05. The summed E-state index contributed by atoms with van der Waals surface area (Å²) in [5, 5.41) is 0.828. The van der Waals surface area contributed by atoms with Gasteiger partial charge in [-0.15, -0.1) is 0 Å². The number of halogens is 1. The zero-order chi connectivity index (χ0) is 15.1. The minimum absolute atomic E-state index is 0.0883. The highest BCUT2D eigenvalue weighted by atomic mass is 32.1. The van der Waals surface area contributed by atoms with E-state index in [0.29, 0.717) is 17.8 Å². The minimum Gasteiger partial charge on any atom is -0.330 e. The van der Waals surface area contributed by atoms with Crippen LogP contribution in [0.3, 0.4) is 0 Å². The van der Waals surface area contributed by atoms with E-state index in [9.17, 15) is 4.39 Å². The average molecular weight is 308 g/mol. The zero-order valence-electron chi connectivity index (χ0n) is 12.0. The monoisotopic (exact) mass is 308 g/mol. The van der Waals surface area contributed by atoms with Crippen molar-refractivity contribution in [1.29, 1.82) is 0 Å². The minimum atomic E-state index is -0.222. The van der Waals surface area contributed by atoms with Gasteiger partial charge in [-0.25, -0.2) is 9.37 Å². The first kappa shape index (κ1) is 16.0. The molecule has 1 unspecified atom stereocenters. The third kappa shape index (κ3) is 4.84. The van der Waals surface area contributed by atoms with Crippen molar-refractivity contribution in [3.05, 3.63) is 46.5 Å². The molecule has 0 saturated carbocycles. The van der Waals surface area contributed by atoms with Crippen molar-refractivity contribution < 1.29 is 4.39 Å². The molecule has 1 aromatic heterocycles. The van der Waals surface area contributed by atoms with E-state index in [2.05, 4.69) is 9.36 Å². The van der Waals surface area contributed by atoms with Gasteiger partial charge in [0.05, 0.1) is 6.04 Å². The molecule has 0 radical (unpaired) electrons. The summed E-state index contributed by atoms with van der Waals surface area (Å²) in [5.74, 6) is 0.414. The second kappa shape index (κ2) is 8.17. The largest absolute Gasteiger partial charge is 0.330 e. The fourth-order valence-electron chi connectivity index (χ4n) is 2.11. The lowest BCUT2D eigenvalue weighted by Crippen LogP contribution is -2.10. The van der Waals surface area contributed by atoms with Gasteiger partial charge in [0.2, 0.25) is 0 Å². The van der Waals surface area contributed by atoms with E-state index in [-0.39, 0.29) is 11.9 Å². The number of hydrogen-bond donors (Lipinski definition) is 2. The van der Waals surface area contributed by atoms with Gasteiger partial charge in [-0.2, -0.15) is 4.37 Å². The lowest BCUT2D eigenvalue weighted by atomic mass is 10.1. The van der Waals surface area contributed by atoms with Crippen LogP contribution in [0.1, 0.15) is 48.1 Å². The molecular formula is C15H21FN4S. The molecule has 0 aliphatic heterocycles. The third-order valence-electron chi connectivity index (χ3n) is 3.33. The van der Waals surface area contributed by atoms with E-state index in [1.165, 1.54) is 17.6 Å². The van der Waals surface area contributed by atoms with Crippen molar-refractivity contribution in [3.63, 3.8) is 0 Å². The van der Waals surface area contributed by atoms with Gasteiger partial charge in [0, 0.05) is 6.42 Å². The number of unbranched alkanes of at least 4 members (excludes halogenated alkanes) is 2. The Balaban J connectivity index is 1.90. The molecule has 6 heteroatoms. The SMILES string of the molecule is NCCCCCC(N)c1nc(Cc2ccccc2F)ns1. The first-order valence-electron chi connectivity index (χ1n) is 7.22. The van der Waals surface area contributed by atoms with Crippen molar-refractivity contribution in [1.82, 2.24) is 9.36 Å². The second-order valence-corrected chi connectivity index (χ2v) is 5.84. The summed E-state index contributed by atoms with van der Waals surface area (Å²) in [4.78, 5) is 4.44. The van der Waals surface area contributed by atoms with Gasteiger partial charge in [0.1, 0.15) is 16.6 Å². The number of aromatic nitrogens is 2. The highest BCUT2D eigenvalue weighted by Crippen LogP contribution is 2.20. The summed E-state index contributed by atoms with van der Waals surface area (Å²) in [5.41, 5.74) is 12.2. The summed E-state index contributed by atoms with van der Waals surface area (Å²) < 4.78 is 17.9. The maximum atomic E-state index is 13.6. The van der Waals surface area contributed by atoms with Gasteiger partial charge in [-0.3, -0.25) is 0 Å². The molecule has 21 heavy (non-hydrogen) atoms. The van der Waals surface area contributed by atoms with Crippen LogP contribution in [0.25, 0.3) is 0 Å². The summed E-state index contributed by atoms with van der Waals surface area (Å²) >= 11 is 1.31. The van der Waals surface area contributed by atoms with Crippen molar-refractivity contribution in [2.45, 2.75) is 38.1 Å². The Hall–Kier alpha value is -1.37. The Bertz CT molecular complexity index is 558. The molecule has 1 heterocycles. The molecule has 4 nitrogen and oxygen atoms in total. The topological polar surface area (TPSA) is 77.8 Å². The number of benzene rings is 1. The van der Waals surface area contributed by atoms with Crippen molar-refractivity contribution in [2.24, 2.45) is 11.5 Å². The summed E-state index contributed by atoms with van der Waals surface area (Å²) in [6.45, 7) is 0.723. The van der Waals surface area contributed by atoms with Crippen molar-refractivity contribution >= 4 is 11.5 Å². The van der Waals surface area contributed by atoms with Crippen LogP contribution in [-0.4, -0.2) is 15.9 Å². The van der Waals surface area contributed by atoms with E-state index in [1.54, 1.807) is 12.1 Å². The molecule has 1 aromatic carbocycles. The van der Waals surface area contributed by atoms with E-state index < -0.39 is 0 Å². The van der Waals surface area contributed by atoms with E-state index in [4.69, 9.17) is 11.5 Å². The van der Waals surface area contributed by atoms with Gasteiger partial charge < -0.3 is 11.5 Å². The fourth-order valence-corrected chi connectivity index (χ4v) is 2.81. The Labute approximate surface area is 128 Å². The van der Waals surface area contributed by atoms with E-state index in [0.717, 1.165) is 37.2 Å². The van der Waals surface area contributed by atoms with Crippen molar-refractivity contribution in [3.8, 4) is 0 Å². The van der Waals surface area contributed by atoms with Crippen LogP contribution < -0.4 is 11.5 Å². The average Bonchev–Trinajstić information content (AvgIpc) is 2.94. The van der Waals surface area contributed by atoms with Crippen LogP contribution in [0.5, 0.6) is 0 Å². The third-order valence-corrected chi connectivity index (χ3v) is 4.21. The Morgan fingerprint density at radius 3 is 2.76 bits per heavy atom. The molecular weight excluding hydrogens is 287 g/mol. The molecule has 0 aliphatic rings. The predicted molar refractivity (Wildman–Crippen MR) is 83.6 cm³/mol. The predicted octanol–water partition coefficient (Wildman–Crippen LogP) is 2.79. The van der Waals surface area contributed by atoms with Gasteiger partial charge in [-0.1, -0.05) is 31.0 Å². The van der Waals surface area contributed by atoms with E-state index in [1.807, 2.05) is 6.07 Å². The van der Waals surface area contributed by atoms with Crippen LogP contribution in [0.4, 0.5) is 4.39 Å². The summed E-state index contributed by atoms with van der Waals surface area (Å²) in [7, 11) is 0. The van der Waals surface area contributed by atoms with Gasteiger partial charge >= 0.3 is 0 Å². The van der Waals surface area contributed by atoms with Crippen LogP contribution in [0, 0.1) is 5.82 Å². The van der Waals surface area contributed by atoms with Gasteiger partial charge in [0.15, 0.2) is 0 Å². The van der Waals surface area contributed by atoms with Crippen LogP contribution in [0.2, 0.25) is 0 Å². The Morgan fingerprint density at radius 2 is 2.00 bits per heavy atom. The van der Waals surface area contributed by atoms with Gasteiger partial charge in [0.25, 0.3) is 0 Å². The Kier molecular flexibility index (Phi) is 6.22. The summed E-state index contributed by atoms with van der Waals surface area (Å²) in [6.07, 6.45) is 4.45. The second-order valence-electron chi connectivity index (χ2n) is 5.06. The number of nitrogens with zero attached hydrogens (tertiary/aromatic N) is 2. The Morgan fingerprint density at radius 1 is 1.19 bits per heavy atom. The summed E-state index contributed by atoms with van der Waals surface area (Å²) in [6, 6.07) is 6.61. The number of nitrogens with two attached hydrogens (primary N) is 2. The molecule has 4 N–H and O–H groups in total. The molecule has 0 saturated heterocycles.